The first-order valence-corrected chi connectivity index (χ1v) is 10.5. The molecule has 0 aliphatic heterocycles. The fourth-order valence-corrected chi connectivity index (χ4v) is 3.46. The first-order valence-electron chi connectivity index (χ1n) is 8.77. The molecule has 0 aliphatic rings. The highest BCUT2D eigenvalue weighted by molar-refractivity contribution is 7.99. The number of nitrogens with one attached hydrogen (secondary N) is 1. The number of carbonyl (C=O) groups is 1. The van der Waals surface area contributed by atoms with Crippen molar-refractivity contribution in [3.8, 4) is 5.75 Å². The maximum Gasteiger partial charge on any atom is 0.277 e. The monoisotopic (exact) mass is 451 g/mol. The van der Waals surface area contributed by atoms with Crippen molar-refractivity contribution >= 4 is 46.6 Å². The normalized spacial score (nSPS) is 11.9. The summed E-state index contributed by atoms with van der Waals surface area (Å²) in [7, 11) is 0. The van der Waals surface area contributed by atoms with Crippen LogP contribution in [-0.4, -0.2) is 21.9 Å². The number of ether oxygens (including phenoxy) is 1. The second-order valence-electron chi connectivity index (χ2n) is 6.40. The largest absolute Gasteiger partial charge is 0.479 e. The SMILES string of the molecule is Cc1ccc(C)c(NC(=O)CSc2nnc([C@@H](C)Oc3ccc(Cl)cc3Cl)o2)c1. The van der Waals surface area contributed by atoms with Gasteiger partial charge in [-0.15, -0.1) is 10.2 Å². The Morgan fingerprint density at radius 1 is 1.21 bits per heavy atom. The molecule has 3 aromatic rings. The van der Waals surface area contributed by atoms with Crippen molar-refractivity contribution in [1.29, 1.82) is 0 Å². The number of anilines is 1. The highest BCUT2D eigenvalue weighted by Gasteiger charge is 2.18. The molecule has 1 amide bonds. The molecular weight excluding hydrogens is 433 g/mol. The van der Waals surface area contributed by atoms with E-state index in [1.807, 2.05) is 32.0 Å². The molecule has 3 rings (SSSR count). The Morgan fingerprint density at radius 3 is 2.76 bits per heavy atom. The van der Waals surface area contributed by atoms with Gasteiger partial charge in [0.15, 0.2) is 6.10 Å². The number of hydrogen-bond acceptors (Lipinski definition) is 6. The zero-order valence-electron chi connectivity index (χ0n) is 16.0. The Bertz CT molecular complexity index is 1030. The van der Waals surface area contributed by atoms with Crippen LogP contribution in [0.4, 0.5) is 5.69 Å². The molecular formula is C20H19Cl2N3O3S. The van der Waals surface area contributed by atoms with E-state index >= 15 is 0 Å². The standard InChI is InChI=1S/C20H19Cl2N3O3S/c1-11-4-5-12(2)16(8-11)23-18(26)10-29-20-25-24-19(28-20)13(3)27-17-7-6-14(21)9-15(17)22/h4-9,13H,10H2,1-3H3,(H,23,26)/t13-/m1/s1. The summed E-state index contributed by atoms with van der Waals surface area (Å²) in [6, 6.07) is 10.8. The quantitative estimate of drug-likeness (QED) is 0.452. The van der Waals surface area contributed by atoms with E-state index in [2.05, 4.69) is 15.5 Å². The third kappa shape index (κ3) is 5.88. The Labute approximate surface area is 182 Å². The van der Waals surface area contributed by atoms with Gasteiger partial charge in [0.2, 0.25) is 5.91 Å². The summed E-state index contributed by atoms with van der Waals surface area (Å²) in [5, 5.41) is 12.0. The van der Waals surface area contributed by atoms with Crippen LogP contribution >= 0.6 is 35.0 Å². The summed E-state index contributed by atoms with van der Waals surface area (Å²) >= 11 is 13.2. The first kappa shape index (κ1) is 21.5. The molecule has 0 fully saturated rings. The van der Waals surface area contributed by atoms with Crippen molar-refractivity contribution in [2.75, 3.05) is 11.1 Å². The fourth-order valence-electron chi connectivity index (χ4n) is 2.44. The molecule has 6 nitrogen and oxygen atoms in total. The van der Waals surface area contributed by atoms with Crippen LogP contribution in [0.5, 0.6) is 5.75 Å². The van der Waals surface area contributed by atoms with E-state index < -0.39 is 6.10 Å². The lowest BCUT2D eigenvalue weighted by atomic mass is 10.1. The van der Waals surface area contributed by atoms with Gasteiger partial charge in [-0.05, 0) is 56.2 Å². The number of halogens is 2. The number of benzene rings is 2. The van der Waals surface area contributed by atoms with Gasteiger partial charge in [0.25, 0.3) is 11.1 Å². The number of thioether (sulfide) groups is 1. The molecule has 2 aromatic carbocycles. The smallest absolute Gasteiger partial charge is 0.277 e. The molecule has 0 saturated heterocycles. The molecule has 0 unspecified atom stereocenters. The van der Waals surface area contributed by atoms with Gasteiger partial charge >= 0.3 is 0 Å². The molecule has 1 heterocycles. The second kappa shape index (κ2) is 9.52. The van der Waals surface area contributed by atoms with Crippen LogP contribution in [-0.2, 0) is 4.79 Å². The predicted molar refractivity (Wildman–Crippen MR) is 115 cm³/mol. The minimum Gasteiger partial charge on any atom is -0.479 e. The number of rotatable bonds is 7. The first-order chi connectivity index (χ1) is 13.8. The van der Waals surface area contributed by atoms with Crippen molar-refractivity contribution in [3.05, 3.63) is 63.5 Å². The number of aryl methyl sites for hydroxylation is 2. The molecule has 0 saturated carbocycles. The predicted octanol–water partition coefficient (Wildman–Crippen LogP) is 5.86. The molecule has 152 valence electrons. The summed E-state index contributed by atoms with van der Waals surface area (Å²) < 4.78 is 11.3. The van der Waals surface area contributed by atoms with E-state index in [4.69, 9.17) is 32.4 Å². The summed E-state index contributed by atoms with van der Waals surface area (Å²) in [5.74, 6) is 0.741. The highest BCUT2D eigenvalue weighted by atomic mass is 35.5. The maximum absolute atomic E-state index is 12.2. The van der Waals surface area contributed by atoms with Crippen LogP contribution in [0.25, 0.3) is 0 Å². The van der Waals surface area contributed by atoms with Crippen LogP contribution in [0.15, 0.2) is 46.0 Å². The third-order valence-electron chi connectivity index (χ3n) is 3.96. The van der Waals surface area contributed by atoms with Crippen molar-refractivity contribution in [1.82, 2.24) is 10.2 Å². The van der Waals surface area contributed by atoms with Gasteiger partial charge in [-0.1, -0.05) is 47.1 Å². The molecule has 0 aliphatic carbocycles. The number of nitrogens with zero attached hydrogens (tertiary/aromatic N) is 2. The molecule has 0 bridgehead atoms. The number of aromatic nitrogens is 2. The van der Waals surface area contributed by atoms with E-state index in [0.717, 1.165) is 28.6 Å². The number of hydrogen-bond donors (Lipinski definition) is 1. The van der Waals surface area contributed by atoms with E-state index in [1.165, 1.54) is 0 Å². The van der Waals surface area contributed by atoms with Gasteiger partial charge in [0.1, 0.15) is 5.75 Å². The Kier molecular flexibility index (Phi) is 7.05. The van der Waals surface area contributed by atoms with E-state index in [1.54, 1.807) is 25.1 Å². The van der Waals surface area contributed by atoms with Crippen molar-refractivity contribution < 1.29 is 13.9 Å². The second-order valence-corrected chi connectivity index (χ2v) is 8.17. The number of amides is 1. The zero-order chi connectivity index (χ0) is 21.0. The minimum absolute atomic E-state index is 0.146. The highest BCUT2D eigenvalue weighted by Crippen LogP contribution is 2.31. The molecule has 1 aromatic heterocycles. The topological polar surface area (TPSA) is 77.2 Å². The Hall–Kier alpha value is -2.22. The van der Waals surface area contributed by atoms with Crippen LogP contribution in [0.2, 0.25) is 10.0 Å². The van der Waals surface area contributed by atoms with E-state index in [0.29, 0.717) is 15.8 Å². The summed E-state index contributed by atoms with van der Waals surface area (Å²) in [6.07, 6.45) is -0.515. The van der Waals surface area contributed by atoms with Crippen molar-refractivity contribution in [2.45, 2.75) is 32.1 Å². The van der Waals surface area contributed by atoms with Crippen LogP contribution in [0.1, 0.15) is 30.0 Å². The van der Waals surface area contributed by atoms with Crippen LogP contribution in [0.3, 0.4) is 0 Å². The van der Waals surface area contributed by atoms with Gasteiger partial charge in [-0.25, -0.2) is 0 Å². The molecule has 29 heavy (non-hydrogen) atoms. The molecule has 0 spiro atoms. The van der Waals surface area contributed by atoms with Gasteiger partial charge < -0.3 is 14.5 Å². The summed E-state index contributed by atoms with van der Waals surface area (Å²) in [4.78, 5) is 12.2. The lowest BCUT2D eigenvalue weighted by molar-refractivity contribution is -0.113. The molecule has 1 N–H and O–H groups in total. The summed E-state index contributed by atoms with van der Waals surface area (Å²) in [5.41, 5.74) is 2.87. The minimum atomic E-state index is -0.515. The lowest BCUT2D eigenvalue weighted by Gasteiger charge is -2.12. The fraction of sp³-hybridized carbons (Fsp3) is 0.250. The van der Waals surface area contributed by atoms with Crippen molar-refractivity contribution in [3.63, 3.8) is 0 Å². The Balaban J connectivity index is 1.55. The average Bonchev–Trinajstić information content (AvgIpc) is 3.14. The van der Waals surface area contributed by atoms with Gasteiger partial charge in [0, 0.05) is 10.7 Å². The van der Waals surface area contributed by atoms with Gasteiger partial charge in [0.05, 0.1) is 10.8 Å². The van der Waals surface area contributed by atoms with E-state index in [9.17, 15) is 4.79 Å². The summed E-state index contributed by atoms with van der Waals surface area (Å²) in [6.45, 7) is 5.69. The number of carbonyl (C=O) groups excluding carboxylic acids is 1. The van der Waals surface area contributed by atoms with E-state index in [-0.39, 0.29) is 22.8 Å². The molecule has 9 heteroatoms. The third-order valence-corrected chi connectivity index (χ3v) is 5.31. The average molecular weight is 452 g/mol. The van der Waals surface area contributed by atoms with Gasteiger partial charge in [-0.3, -0.25) is 4.79 Å². The van der Waals surface area contributed by atoms with Crippen molar-refractivity contribution in [2.24, 2.45) is 0 Å². The molecule has 0 radical (unpaired) electrons. The zero-order valence-corrected chi connectivity index (χ0v) is 18.4. The van der Waals surface area contributed by atoms with Crippen LogP contribution < -0.4 is 10.1 Å². The lowest BCUT2D eigenvalue weighted by Crippen LogP contribution is -2.14. The maximum atomic E-state index is 12.2. The Morgan fingerprint density at radius 2 is 2.00 bits per heavy atom. The molecule has 1 atom stereocenters. The van der Waals surface area contributed by atoms with Crippen LogP contribution in [0, 0.1) is 13.8 Å². The van der Waals surface area contributed by atoms with Gasteiger partial charge in [-0.2, -0.15) is 0 Å².